The van der Waals surface area contributed by atoms with Crippen LogP contribution in [-0.4, -0.2) is 17.3 Å². The first kappa shape index (κ1) is 9.96. The first-order valence-electron chi connectivity index (χ1n) is 4.90. The maximum atomic E-state index is 9.80. The van der Waals surface area contributed by atoms with Gasteiger partial charge in [0.25, 0.3) is 0 Å². The summed E-state index contributed by atoms with van der Waals surface area (Å²) in [5.41, 5.74) is 2.61. The average Bonchev–Trinajstić information content (AvgIpc) is 2.17. The lowest BCUT2D eigenvalue weighted by Gasteiger charge is -2.30. The Bertz CT molecular complexity index is 124. The lowest BCUT2D eigenvalue weighted by atomic mass is 9.83. The van der Waals surface area contributed by atoms with Crippen LogP contribution in [-0.2, 0) is 0 Å². The fourth-order valence-electron chi connectivity index (χ4n) is 1.98. The fourth-order valence-corrected chi connectivity index (χ4v) is 1.98. The molecule has 0 aromatic rings. The van der Waals surface area contributed by atoms with Gasteiger partial charge in [-0.3, -0.25) is 11.3 Å². The molecule has 1 saturated carbocycles. The number of aliphatic hydroxyl groups is 1. The van der Waals surface area contributed by atoms with Crippen molar-refractivity contribution in [3.63, 3.8) is 0 Å². The molecular weight excluding hydrogens is 152 g/mol. The molecule has 0 aromatic heterocycles. The Labute approximate surface area is 74.3 Å². The summed E-state index contributed by atoms with van der Waals surface area (Å²) in [6.45, 7) is 1.93. The number of hydrazine groups is 1. The summed E-state index contributed by atoms with van der Waals surface area (Å²) in [6, 6.07) is 0.0214. The molecule has 4 N–H and O–H groups in total. The van der Waals surface area contributed by atoms with Crippen molar-refractivity contribution in [2.24, 2.45) is 11.8 Å². The fraction of sp³-hybridized carbons (Fsp3) is 1.00. The molecule has 0 amide bonds. The van der Waals surface area contributed by atoms with Crippen LogP contribution in [0.3, 0.4) is 0 Å². The second-order valence-electron chi connectivity index (χ2n) is 3.84. The molecule has 1 rings (SSSR count). The smallest absolute Gasteiger partial charge is 0.0732 e. The molecule has 3 nitrogen and oxygen atoms in total. The number of rotatable bonds is 3. The first-order valence-corrected chi connectivity index (χ1v) is 4.90. The van der Waals surface area contributed by atoms with Crippen LogP contribution in [0.15, 0.2) is 0 Å². The average molecular weight is 172 g/mol. The molecule has 72 valence electrons. The highest BCUT2D eigenvalue weighted by atomic mass is 16.3. The van der Waals surface area contributed by atoms with Crippen LogP contribution in [0.1, 0.15) is 39.0 Å². The maximum absolute atomic E-state index is 9.80. The summed E-state index contributed by atoms with van der Waals surface area (Å²) in [7, 11) is 0. The van der Waals surface area contributed by atoms with Gasteiger partial charge in [0.2, 0.25) is 0 Å². The molecular formula is C9H20N2O. The van der Waals surface area contributed by atoms with E-state index in [4.69, 9.17) is 5.84 Å². The van der Waals surface area contributed by atoms with Gasteiger partial charge < -0.3 is 5.11 Å². The Morgan fingerprint density at radius 2 is 1.92 bits per heavy atom. The van der Waals surface area contributed by atoms with Gasteiger partial charge >= 0.3 is 0 Å². The zero-order valence-electron chi connectivity index (χ0n) is 7.79. The van der Waals surface area contributed by atoms with Crippen LogP contribution >= 0.6 is 0 Å². The van der Waals surface area contributed by atoms with E-state index >= 15 is 0 Å². The number of nitrogens with one attached hydrogen (secondary N) is 1. The molecule has 0 aromatic carbocycles. The normalized spacial score (nSPS) is 25.2. The largest absolute Gasteiger partial charge is 0.391 e. The molecule has 2 unspecified atom stereocenters. The van der Waals surface area contributed by atoms with Crippen molar-refractivity contribution in [1.29, 1.82) is 0 Å². The van der Waals surface area contributed by atoms with Crippen LogP contribution in [0.4, 0.5) is 0 Å². The van der Waals surface area contributed by atoms with Crippen LogP contribution in [0.2, 0.25) is 0 Å². The SMILES string of the molecule is CC(NN)C(O)C1CCCCC1. The lowest BCUT2D eigenvalue weighted by Crippen LogP contribution is -2.45. The van der Waals surface area contributed by atoms with Gasteiger partial charge in [-0.15, -0.1) is 0 Å². The minimum Gasteiger partial charge on any atom is -0.391 e. The topological polar surface area (TPSA) is 58.3 Å². The minimum absolute atomic E-state index is 0.0214. The van der Waals surface area contributed by atoms with E-state index in [2.05, 4.69) is 5.43 Å². The Morgan fingerprint density at radius 3 is 2.42 bits per heavy atom. The first-order chi connectivity index (χ1) is 5.75. The third-order valence-corrected chi connectivity index (χ3v) is 2.91. The second-order valence-corrected chi connectivity index (χ2v) is 3.84. The van der Waals surface area contributed by atoms with Gasteiger partial charge in [-0.1, -0.05) is 19.3 Å². The highest BCUT2D eigenvalue weighted by Crippen LogP contribution is 2.27. The van der Waals surface area contributed by atoms with Gasteiger partial charge in [0.05, 0.1) is 6.10 Å². The van der Waals surface area contributed by atoms with Crippen molar-refractivity contribution in [3.8, 4) is 0 Å². The predicted octanol–water partition coefficient (Wildman–Crippen LogP) is 0.779. The van der Waals surface area contributed by atoms with Crippen molar-refractivity contribution >= 4 is 0 Å². The van der Waals surface area contributed by atoms with Crippen molar-refractivity contribution in [1.82, 2.24) is 5.43 Å². The van der Waals surface area contributed by atoms with E-state index in [-0.39, 0.29) is 12.1 Å². The van der Waals surface area contributed by atoms with Gasteiger partial charge in [-0.05, 0) is 25.7 Å². The molecule has 0 radical (unpaired) electrons. The number of nitrogens with two attached hydrogens (primary N) is 1. The number of hydrogen-bond acceptors (Lipinski definition) is 3. The number of aliphatic hydroxyl groups excluding tert-OH is 1. The van der Waals surface area contributed by atoms with E-state index in [1.165, 1.54) is 19.3 Å². The number of hydrogen-bond donors (Lipinski definition) is 3. The molecule has 0 saturated heterocycles. The Balaban J connectivity index is 2.33. The molecule has 0 heterocycles. The lowest BCUT2D eigenvalue weighted by molar-refractivity contribution is 0.0557. The van der Waals surface area contributed by atoms with Gasteiger partial charge in [-0.25, -0.2) is 0 Å². The third kappa shape index (κ3) is 2.44. The molecule has 1 aliphatic rings. The Kier molecular flexibility index (Phi) is 3.98. The summed E-state index contributed by atoms with van der Waals surface area (Å²) < 4.78 is 0. The summed E-state index contributed by atoms with van der Waals surface area (Å²) in [5.74, 6) is 5.73. The van der Waals surface area contributed by atoms with E-state index in [0.717, 1.165) is 12.8 Å². The zero-order valence-corrected chi connectivity index (χ0v) is 7.79. The van der Waals surface area contributed by atoms with Gasteiger partial charge in [0.15, 0.2) is 0 Å². The van der Waals surface area contributed by atoms with Crippen molar-refractivity contribution < 1.29 is 5.11 Å². The Hall–Kier alpha value is -0.120. The van der Waals surface area contributed by atoms with Crippen LogP contribution in [0.5, 0.6) is 0 Å². The van der Waals surface area contributed by atoms with E-state index in [1.54, 1.807) is 0 Å². The molecule has 1 aliphatic carbocycles. The van der Waals surface area contributed by atoms with E-state index in [9.17, 15) is 5.11 Å². The van der Waals surface area contributed by atoms with E-state index < -0.39 is 0 Å². The van der Waals surface area contributed by atoms with E-state index in [1.807, 2.05) is 6.92 Å². The maximum Gasteiger partial charge on any atom is 0.0732 e. The third-order valence-electron chi connectivity index (χ3n) is 2.91. The molecule has 3 heteroatoms. The summed E-state index contributed by atoms with van der Waals surface area (Å²) in [4.78, 5) is 0. The summed E-state index contributed by atoms with van der Waals surface area (Å²) in [6.07, 6.45) is 5.90. The van der Waals surface area contributed by atoms with Gasteiger partial charge in [0, 0.05) is 6.04 Å². The summed E-state index contributed by atoms with van der Waals surface area (Å²) >= 11 is 0. The highest BCUT2D eigenvalue weighted by Gasteiger charge is 2.25. The monoisotopic (exact) mass is 172 g/mol. The zero-order chi connectivity index (χ0) is 8.97. The minimum atomic E-state index is -0.268. The molecule has 0 aliphatic heterocycles. The van der Waals surface area contributed by atoms with Crippen LogP contribution in [0, 0.1) is 5.92 Å². The van der Waals surface area contributed by atoms with Crippen molar-refractivity contribution in [2.75, 3.05) is 0 Å². The van der Waals surface area contributed by atoms with Gasteiger partial charge in [-0.2, -0.15) is 0 Å². The molecule has 0 bridgehead atoms. The van der Waals surface area contributed by atoms with Crippen molar-refractivity contribution in [3.05, 3.63) is 0 Å². The summed E-state index contributed by atoms with van der Waals surface area (Å²) in [5, 5.41) is 9.80. The van der Waals surface area contributed by atoms with Gasteiger partial charge in [0.1, 0.15) is 0 Å². The predicted molar refractivity (Wildman–Crippen MR) is 49.4 cm³/mol. The van der Waals surface area contributed by atoms with E-state index in [0.29, 0.717) is 5.92 Å². The van der Waals surface area contributed by atoms with Crippen molar-refractivity contribution in [2.45, 2.75) is 51.2 Å². The standard InChI is InChI=1S/C9H20N2O/c1-7(11-10)9(12)8-5-3-2-4-6-8/h7-9,11-12H,2-6,10H2,1H3. The molecule has 0 spiro atoms. The van der Waals surface area contributed by atoms with Crippen LogP contribution in [0.25, 0.3) is 0 Å². The molecule has 1 fully saturated rings. The second kappa shape index (κ2) is 4.80. The van der Waals surface area contributed by atoms with Crippen LogP contribution < -0.4 is 11.3 Å². The highest BCUT2D eigenvalue weighted by molar-refractivity contribution is 4.79. The molecule has 2 atom stereocenters. The Morgan fingerprint density at radius 1 is 1.33 bits per heavy atom. The molecule has 12 heavy (non-hydrogen) atoms. The quantitative estimate of drug-likeness (QED) is 0.435.